The maximum Gasteiger partial charge on any atom is 0.149 e. The molecule has 3 N–H and O–H groups in total. The second-order valence-electron chi connectivity index (χ2n) is 4.60. The summed E-state index contributed by atoms with van der Waals surface area (Å²) in [5, 5.41) is 6.85. The summed E-state index contributed by atoms with van der Waals surface area (Å²) in [4.78, 5) is 0. The normalized spacial score (nSPS) is 10.7. The summed E-state index contributed by atoms with van der Waals surface area (Å²) in [6.07, 6.45) is 0.618. The number of nitrogens with one attached hydrogen (secondary N) is 1. The molecular weight excluding hydrogens is 253 g/mol. The number of halogens is 1. The summed E-state index contributed by atoms with van der Waals surface area (Å²) in [6.45, 7) is 0. The van der Waals surface area contributed by atoms with Crippen LogP contribution in [0.2, 0.25) is 0 Å². The number of nitrogens with two attached hydrogens (primary N) is 1. The minimum absolute atomic E-state index is 0.287. The SMILES string of the molecule is Nc1n[nH]c(-c2ccccc2F)c1Cc1ccccc1. The van der Waals surface area contributed by atoms with Crippen molar-refractivity contribution < 1.29 is 4.39 Å². The van der Waals surface area contributed by atoms with Crippen LogP contribution in [-0.4, -0.2) is 10.2 Å². The van der Waals surface area contributed by atoms with E-state index in [9.17, 15) is 4.39 Å². The van der Waals surface area contributed by atoms with Crippen LogP contribution < -0.4 is 5.73 Å². The maximum atomic E-state index is 13.9. The van der Waals surface area contributed by atoms with Crippen molar-refractivity contribution >= 4 is 5.82 Å². The van der Waals surface area contributed by atoms with Crippen molar-refractivity contribution in [2.45, 2.75) is 6.42 Å². The highest BCUT2D eigenvalue weighted by Crippen LogP contribution is 2.29. The lowest BCUT2D eigenvalue weighted by molar-refractivity contribution is 0.630. The van der Waals surface area contributed by atoms with Crippen molar-refractivity contribution in [2.24, 2.45) is 0 Å². The van der Waals surface area contributed by atoms with Crippen LogP contribution in [0.5, 0.6) is 0 Å². The number of H-pyrrole nitrogens is 1. The lowest BCUT2D eigenvalue weighted by atomic mass is 10.0. The molecule has 0 radical (unpaired) electrons. The smallest absolute Gasteiger partial charge is 0.149 e. The second-order valence-corrected chi connectivity index (χ2v) is 4.60. The average Bonchev–Trinajstić information content (AvgIpc) is 2.82. The number of benzene rings is 2. The molecule has 1 aromatic heterocycles. The Kier molecular flexibility index (Phi) is 3.21. The first-order valence-electron chi connectivity index (χ1n) is 6.37. The van der Waals surface area contributed by atoms with E-state index >= 15 is 0 Å². The third-order valence-corrected chi connectivity index (χ3v) is 3.27. The van der Waals surface area contributed by atoms with E-state index in [1.807, 2.05) is 30.3 Å². The number of nitrogen functional groups attached to an aromatic ring is 1. The number of anilines is 1. The van der Waals surface area contributed by atoms with Gasteiger partial charge in [0.25, 0.3) is 0 Å². The highest BCUT2D eigenvalue weighted by Gasteiger charge is 2.15. The molecule has 0 spiro atoms. The standard InChI is InChI=1S/C16H14FN3/c17-14-9-5-4-8-12(14)15-13(16(18)20-19-15)10-11-6-2-1-3-7-11/h1-9H,10H2,(H3,18,19,20). The number of hydrogen-bond acceptors (Lipinski definition) is 2. The number of hydrogen-bond donors (Lipinski definition) is 2. The zero-order valence-electron chi connectivity index (χ0n) is 10.8. The van der Waals surface area contributed by atoms with Gasteiger partial charge in [-0.2, -0.15) is 5.10 Å². The topological polar surface area (TPSA) is 54.7 Å². The van der Waals surface area contributed by atoms with E-state index in [2.05, 4.69) is 10.2 Å². The van der Waals surface area contributed by atoms with Crippen LogP contribution in [0.4, 0.5) is 10.2 Å². The molecule has 2 aromatic carbocycles. The van der Waals surface area contributed by atoms with Crippen molar-refractivity contribution in [1.82, 2.24) is 10.2 Å². The van der Waals surface area contributed by atoms with Gasteiger partial charge < -0.3 is 5.73 Å². The number of aromatic amines is 1. The fourth-order valence-corrected chi connectivity index (χ4v) is 2.24. The molecule has 4 heteroatoms. The van der Waals surface area contributed by atoms with Crippen LogP contribution in [0.25, 0.3) is 11.3 Å². The van der Waals surface area contributed by atoms with Crippen molar-refractivity contribution in [3.63, 3.8) is 0 Å². The molecule has 3 nitrogen and oxygen atoms in total. The predicted molar refractivity (Wildman–Crippen MR) is 77.6 cm³/mol. The van der Waals surface area contributed by atoms with Gasteiger partial charge in [0.2, 0.25) is 0 Å². The highest BCUT2D eigenvalue weighted by atomic mass is 19.1. The van der Waals surface area contributed by atoms with Gasteiger partial charge in [-0.25, -0.2) is 4.39 Å². The first kappa shape index (κ1) is 12.4. The Hall–Kier alpha value is -2.62. The molecule has 1 heterocycles. The predicted octanol–water partition coefficient (Wildman–Crippen LogP) is 3.39. The highest BCUT2D eigenvalue weighted by molar-refractivity contribution is 5.69. The number of aromatic nitrogens is 2. The Balaban J connectivity index is 2.04. The summed E-state index contributed by atoms with van der Waals surface area (Å²) in [5.74, 6) is 0.123. The van der Waals surface area contributed by atoms with Crippen molar-refractivity contribution in [1.29, 1.82) is 0 Å². The van der Waals surface area contributed by atoms with Crippen LogP contribution in [0.1, 0.15) is 11.1 Å². The second kappa shape index (κ2) is 5.17. The van der Waals surface area contributed by atoms with E-state index < -0.39 is 0 Å². The molecule has 0 aliphatic heterocycles. The molecule has 0 saturated carbocycles. The minimum Gasteiger partial charge on any atom is -0.382 e. The lowest BCUT2D eigenvalue weighted by Gasteiger charge is -2.05. The molecule has 3 rings (SSSR count). The molecule has 0 aliphatic carbocycles. The molecule has 0 fully saturated rings. The van der Waals surface area contributed by atoms with Gasteiger partial charge in [0, 0.05) is 17.5 Å². The van der Waals surface area contributed by atoms with Gasteiger partial charge in [0.15, 0.2) is 0 Å². The molecule has 100 valence electrons. The third-order valence-electron chi connectivity index (χ3n) is 3.27. The fraction of sp³-hybridized carbons (Fsp3) is 0.0625. The largest absolute Gasteiger partial charge is 0.382 e. The van der Waals surface area contributed by atoms with Gasteiger partial charge >= 0.3 is 0 Å². The number of nitrogens with zero attached hydrogens (tertiary/aromatic N) is 1. The molecular formula is C16H14FN3. The third kappa shape index (κ3) is 2.28. The first-order valence-corrected chi connectivity index (χ1v) is 6.37. The Labute approximate surface area is 116 Å². The van der Waals surface area contributed by atoms with Crippen molar-refractivity contribution in [3.8, 4) is 11.3 Å². The summed E-state index contributed by atoms with van der Waals surface area (Å²) >= 11 is 0. The van der Waals surface area contributed by atoms with Gasteiger partial charge in [0.05, 0.1) is 5.69 Å². The molecule has 0 unspecified atom stereocenters. The monoisotopic (exact) mass is 267 g/mol. The Morgan fingerprint density at radius 1 is 1.00 bits per heavy atom. The summed E-state index contributed by atoms with van der Waals surface area (Å²) in [7, 11) is 0. The summed E-state index contributed by atoms with van der Waals surface area (Å²) < 4.78 is 13.9. The van der Waals surface area contributed by atoms with Crippen LogP contribution in [0, 0.1) is 5.82 Å². The molecule has 20 heavy (non-hydrogen) atoms. The Bertz CT molecular complexity index is 720. The van der Waals surface area contributed by atoms with Gasteiger partial charge in [0.1, 0.15) is 11.6 Å². The minimum atomic E-state index is -0.287. The van der Waals surface area contributed by atoms with Crippen LogP contribution in [-0.2, 0) is 6.42 Å². The molecule has 0 saturated heterocycles. The van der Waals surface area contributed by atoms with Crippen molar-refractivity contribution in [2.75, 3.05) is 5.73 Å². The zero-order valence-corrected chi connectivity index (χ0v) is 10.8. The quantitative estimate of drug-likeness (QED) is 0.764. The van der Waals surface area contributed by atoms with Gasteiger partial charge in [-0.15, -0.1) is 0 Å². The van der Waals surface area contributed by atoms with E-state index in [1.54, 1.807) is 18.2 Å². The summed E-state index contributed by atoms with van der Waals surface area (Å²) in [5.41, 5.74) is 8.97. The van der Waals surface area contributed by atoms with Crippen LogP contribution in [0.3, 0.4) is 0 Å². The summed E-state index contributed by atoms with van der Waals surface area (Å²) in [6, 6.07) is 16.5. The first-order chi connectivity index (χ1) is 9.75. The Morgan fingerprint density at radius 2 is 1.70 bits per heavy atom. The van der Waals surface area contributed by atoms with Crippen LogP contribution >= 0.6 is 0 Å². The zero-order chi connectivity index (χ0) is 13.9. The lowest BCUT2D eigenvalue weighted by Crippen LogP contribution is -1.96. The average molecular weight is 267 g/mol. The van der Waals surface area contributed by atoms with E-state index in [-0.39, 0.29) is 5.82 Å². The van der Waals surface area contributed by atoms with Gasteiger partial charge in [-0.05, 0) is 17.7 Å². The van der Waals surface area contributed by atoms with Gasteiger partial charge in [-0.3, -0.25) is 5.10 Å². The van der Waals surface area contributed by atoms with E-state index in [0.29, 0.717) is 23.5 Å². The maximum absolute atomic E-state index is 13.9. The number of rotatable bonds is 3. The fourth-order valence-electron chi connectivity index (χ4n) is 2.24. The molecule has 0 atom stereocenters. The molecule has 3 aromatic rings. The molecule has 0 amide bonds. The van der Waals surface area contributed by atoms with Crippen LogP contribution in [0.15, 0.2) is 54.6 Å². The van der Waals surface area contributed by atoms with E-state index in [4.69, 9.17) is 5.73 Å². The van der Waals surface area contributed by atoms with Gasteiger partial charge in [-0.1, -0.05) is 42.5 Å². The molecule has 0 aliphatic rings. The molecule has 0 bridgehead atoms. The van der Waals surface area contributed by atoms with E-state index in [0.717, 1.165) is 11.1 Å². The van der Waals surface area contributed by atoms with Crippen molar-refractivity contribution in [3.05, 3.63) is 71.5 Å². The van der Waals surface area contributed by atoms with E-state index in [1.165, 1.54) is 6.07 Å². The Morgan fingerprint density at radius 3 is 2.45 bits per heavy atom.